The number of nitrogens with one attached hydrogen (secondary N) is 1. The van der Waals surface area contributed by atoms with Crippen molar-refractivity contribution in [1.82, 2.24) is 10.2 Å². The molecule has 19 heavy (non-hydrogen) atoms. The molecule has 2 unspecified atom stereocenters. The molecule has 2 nitrogen and oxygen atoms in total. The molecule has 1 aliphatic rings. The lowest BCUT2D eigenvalue weighted by atomic mass is 9.86. The Morgan fingerprint density at radius 1 is 1.37 bits per heavy atom. The van der Waals surface area contributed by atoms with Gasteiger partial charge in [-0.1, -0.05) is 44.2 Å². The van der Waals surface area contributed by atoms with Gasteiger partial charge in [-0.05, 0) is 18.4 Å². The Hall–Kier alpha value is -0.930. The Bertz CT molecular complexity index is 393. The molecule has 1 aromatic carbocycles. The van der Waals surface area contributed by atoms with Gasteiger partial charge < -0.3 is 5.32 Å². The second kappa shape index (κ2) is 6.02. The predicted molar refractivity (Wildman–Crippen MR) is 78.0 cm³/mol. The minimum absolute atomic E-state index is 0.0815. The molecule has 0 bridgehead atoms. The van der Waals surface area contributed by atoms with Crippen molar-refractivity contribution in [2.24, 2.45) is 5.92 Å². The number of hydrogen-bond donors (Lipinski definition) is 1. The minimum atomic E-state index is -0.270. The van der Waals surface area contributed by atoms with Crippen molar-refractivity contribution in [2.75, 3.05) is 26.3 Å². The number of nitrogens with zero attached hydrogens (tertiary/aromatic N) is 1. The molecular formula is C16H25FN2. The topological polar surface area (TPSA) is 15.3 Å². The number of halogens is 1. The monoisotopic (exact) mass is 264 g/mol. The summed E-state index contributed by atoms with van der Waals surface area (Å²) in [5.41, 5.74) is 1.20. The third kappa shape index (κ3) is 3.15. The van der Waals surface area contributed by atoms with E-state index in [-0.39, 0.29) is 12.2 Å². The molecular weight excluding hydrogens is 239 g/mol. The molecule has 1 aliphatic heterocycles. The van der Waals surface area contributed by atoms with Crippen molar-refractivity contribution in [3.05, 3.63) is 35.9 Å². The molecule has 1 fully saturated rings. The number of rotatable bonds is 4. The van der Waals surface area contributed by atoms with Gasteiger partial charge in [0.05, 0.1) is 5.54 Å². The Kier molecular flexibility index (Phi) is 4.58. The summed E-state index contributed by atoms with van der Waals surface area (Å²) in [6.07, 6.45) is 0. The van der Waals surface area contributed by atoms with E-state index in [0.29, 0.717) is 18.5 Å². The molecule has 1 N–H and O–H groups in total. The van der Waals surface area contributed by atoms with Crippen LogP contribution >= 0.6 is 0 Å². The first kappa shape index (κ1) is 14.5. The Labute approximate surface area is 116 Å². The van der Waals surface area contributed by atoms with Crippen LogP contribution < -0.4 is 5.32 Å². The normalized spacial score (nSPS) is 28.8. The van der Waals surface area contributed by atoms with E-state index in [1.807, 2.05) is 6.07 Å². The van der Waals surface area contributed by atoms with E-state index in [4.69, 9.17) is 0 Å². The van der Waals surface area contributed by atoms with Gasteiger partial charge in [0, 0.05) is 25.7 Å². The fourth-order valence-electron chi connectivity index (χ4n) is 3.05. The lowest BCUT2D eigenvalue weighted by Crippen LogP contribution is -2.62. The molecule has 0 aromatic heterocycles. The van der Waals surface area contributed by atoms with Crippen LogP contribution in [0.25, 0.3) is 0 Å². The van der Waals surface area contributed by atoms with E-state index in [1.54, 1.807) is 0 Å². The highest BCUT2D eigenvalue weighted by molar-refractivity contribution is 5.25. The van der Waals surface area contributed by atoms with E-state index in [2.05, 4.69) is 55.3 Å². The van der Waals surface area contributed by atoms with Gasteiger partial charge in [-0.25, -0.2) is 4.39 Å². The second-order valence-corrected chi connectivity index (χ2v) is 6.05. The molecule has 0 radical (unpaired) electrons. The maximum absolute atomic E-state index is 12.8. The third-order valence-electron chi connectivity index (χ3n) is 4.24. The van der Waals surface area contributed by atoms with Crippen molar-refractivity contribution in [1.29, 1.82) is 0 Å². The van der Waals surface area contributed by atoms with Crippen LogP contribution in [-0.2, 0) is 5.54 Å². The van der Waals surface area contributed by atoms with E-state index >= 15 is 0 Å². The zero-order valence-electron chi connectivity index (χ0n) is 12.2. The van der Waals surface area contributed by atoms with Crippen LogP contribution in [0, 0.1) is 5.92 Å². The predicted octanol–water partition coefficient (Wildman–Crippen LogP) is 2.80. The van der Waals surface area contributed by atoms with Gasteiger partial charge in [0.15, 0.2) is 0 Å². The summed E-state index contributed by atoms with van der Waals surface area (Å²) in [5.74, 6) is 0.541. The van der Waals surface area contributed by atoms with Crippen molar-refractivity contribution >= 4 is 0 Å². The van der Waals surface area contributed by atoms with E-state index in [0.717, 1.165) is 13.1 Å². The van der Waals surface area contributed by atoms with Crippen molar-refractivity contribution < 1.29 is 4.39 Å². The van der Waals surface area contributed by atoms with Gasteiger partial charge in [-0.3, -0.25) is 4.90 Å². The van der Waals surface area contributed by atoms with E-state index < -0.39 is 0 Å². The summed E-state index contributed by atoms with van der Waals surface area (Å²) in [6, 6.07) is 10.9. The second-order valence-electron chi connectivity index (χ2n) is 6.05. The largest absolute Gasteiger partial charge is 0.305 e. The zero-order chi connectivity index (χ0) is 13.9. The Morgan fingerprint density at radius 3 is 2.63 bits per heavy atom. The highest BCUT2D eigenvalue weighted by atomic mass is 19.1. The highest BCUT2D eigenvalue weighted by Crippen LogP contribution is 2.28. The van der Waals surface area contributed by atoms with Gasteiger partial charge >= 0.3 is 0 Å². The molecule has 1 aromatic rings. The van der Waals surface area contributed by atoms with E-state index in [1.165, 1.54) is 5.56 Å². The van der Waals surface area contributed by atoms with Crippen LogP contribution in [-0.4, -0.2) is 37.3 Å². The third-order valence-corrected chi connectivity index (χ3v) is 4.24. The standard InChI is InChI=1S/C16H25FN2/c1-13(2)15-11-18-16(3,12-19(15)10-9-17)14-7-5-4-6-8-14/h4-8,13,15,18H,9-12H2,1-3H3. The lowest BCUT2D eigenvalue weighted by molar-refractivity contribution is 0.0559. The summed E-state index contributed by atoms with van der Waals surface area (Å²) >= 11 is 0. The van der Waals surface area contributed by atoms with Crippen LogP contribution in [0.3, 0.4) is 0 Å². The Balaban J connectivity index is 2.18. The van der Waals surface area contributed by atoms with Gasteiger partial charge in [0.25, 0.3) is 0 Å². The first-order valence-electron chi connectivity index (χ1n) is 7.17. The summed E-state index contributed by atoms with van der Waals surface area (Å²) in [4.78, 5) is 2.30. The average Bonchev–Trinajstić information content (AvgIpc) is 2.40. The minimum Gasteiger partial charge on any atom is -0.305 e. The maximum Gasteiger partial charge on any atom is 0.102 e. The molecule has 0 amide bonds. The number of alkyl halides is 1. The zero-order valence-corrected chi connectivity index (χ0v) is 12.2. The number of benzene rings is 1. The molecule has 0 spiro atoms. The fourth-order valence-corrected chi connectivity index (χ4v) is 3.05. The number of piperazine rings is 1. The van der Waals surface area contributed by atoms with Crippen LogP contribution in [0.2, 0.25) is 0 Å². The summed E-state index contributed by atoms with van der Waals surface area (Å²) in [7, 11) is 0. The first-order chi connectivity index (χ1) is 9.07. The smallest absolute Gasteiger partial charge is 0.102 e. The van der Waals surface area contributed by atoms with Crippen molar-refractivity contribution in [3.8, 4) is 0 Å². The molecule has 106 valence electrons. The maximum atomic E-state index is 12.8. The molecule has 2 rings (SSSR count). The van der Waals surface area contributed by atoms with Gasteiger partial charge in [-0.15, -0.1) is 0 Å². The quantitative estimate of drug-likeness (QED) is 0.899. The Morgan fingerprint density at radius 2 is 2.05 bits per heavy atom. The van der Waals surface area contributed by atoms with Gasteiger partial charge in [0.1, 0.15) is 6.67 Å². The van der Waals surface area contributed by atoms with Crippen LogP contribution in [0.4, 0.5) is 4.39 Å². The molecule has 1 saturated heterocycles. The average molecular weight is 264 g/mol. The molecule has 1 heterocycles. The van der Waals surface area contributed by atoms with Crippen LogP contribution in [0.15, 0.2) is 30.3 Å². The summed E-state index contributed by atoms with van der Waals surface area (Å²) < 4.78 is 12.8. The fraction of sp³-hybridized carbons (Fsp3) is 0.625. The molecule has 3 heteroatoms. The molecule has 0 aliphatic carbocycles. The van der Waals surface area contributed by atoms with Crippen molar-refractivity contribution in [3.63, 3.8) is 0 Å². The first-order valence-corrected chi connectivity index (χ1v) is 7.17. The summed E-state index contributed by atoms with van der Waals surface area (Å²) in [5, 5.41) is 3.67. The summed E-state index contributed by atoms with van der Waals surface area (Å²) in [6.45, 7) is 8.68. The molecule has 0 saturated carbocycles. The SMILES string of the molecule is CC(C)C1CNC(C)(c2ccccc2)CN1CCF. The molecule has 2 atom stereocenters. The van der Waals surface area contributed by atoms with Crippen LogP contribution in [0.5, 0.6) is 0 Å². The lowest BCUT2D eigenvalue weighted by Gasteiger charge is -2.47. The van der Waals surface area contributed by atoms with E-state index in [9.17, 15) is 4.39 Å². The van der Waals surface area contributed by atoms with Gasteiger partial charge in [0.2, 0.25) is 0 Å². The highest BCUT2D eigenvalue weighted by Gasteiger charge is 2.37. The van der Waals surface area contributed by atoms with Crippen molar-refractivity contribution in [2.45, 2.75) is 32.4 Å². The van der Waals surface area contributed by atoms with Gasteiger partial charge in [-0.2, -0.15) is 0 Å². The number of hydrogen-bond acceptors (Lipinski definition) is 2. The van der Waals surface area contributed by atoms with Crippen LogP contribution in [0.1, 0.15) is 26.3 Å².